The van der Waals surface area contributed by atoms with Gasteiger partial charge in [-0.15, -0.1) is 0 Å². The van der Waals surface area contributed by atoms with Gasteiger partial charge in [0.25, 0.3) is 0 Å². The molecule has 0 saturated heterocycles. The quantitative estimate of drug-likeness (QED) is 0.728. The first kappa shape index (κ1) is 15.8. The highest BCUT2D eigenvalue weighted by Gasteiger charge is 2.06. The van der Waals surface area contributed by atoms with Crippen molar-refractivity contribution in [3.63, 3.8) is 0 Å². The van der Waals surface area contributed by atoms with Crippen molar-refractivity contribution >= 4 is 11.6 Å². The van der Waals surface area contributed by atoms with Crippen LogP contribution in [0.5, 0.6) is 5.75 Å². The lowest BCUT2D eigenvalue weighted by atomic mass is 10.1. The van der Waals surface area contributed by atoms with E-state index < -0.39 is 0 Å². The Morgan fingerprint density at radius 2 is 2.08 bits per heavy atom. The van der Waals surface area contributed by atoms with E-state index in [9.17, 15) is 4.79 Å². The van der Waals surface area contributed by atoms with Gasteiger partial charge >= 0.3 is 0 Å². The van der Waals surface area contributed by atoms with Crippen LogP contribution in [-0.2, 0) is 11.2 Å². The number of carbonyl (C=O) groups excluding carboxylic acids is 1. The second-order valence-electron chi connectivity index (χ2n) is 5.45. The zero-order chi connectivity index (χ0) is 16.8. The molecule has 0 fully saturated rings. The van der Waals surface area contributed by atoms with Gasteiger partial charge in [0.1, 0.15) is 5.75 Å². The molecule has 0 aliphatic carbocycles. The summed E-state index contributed by atoms with van der Waals surface area (Å²) in [5.74, 6) is 0.791. The fourth-order valence-electron chi connectivity index (χ4n) is 2.49. The second-order valence-corrected chi connectivity index (χ2v) is 5.45. The number of nitrogens with one attached hydrogen (secondary N) is 2. The van der Waals surface area contributed by atoms with Crippen molar-refractivity contribution < 1.29 is 9.53 Å². The van der Waals surface area contributed by atoms with E-state index >= 15 is 0 Å². The van der Waals surface area contributed by atoms with Crippen molar-refractivity contribution in [1.82, 2.24) is 9.97 Å². The second kappa shape index (κ2) is 7.46. The highest BCUT2D eigenvalue weighted by molar-refractivity contribution is 5.91. The predicted molar refractivity (Wildman–Crippen MR) is 94.0 cm³/mol. The van der Waals surface area contributed by atoms with Crippen molar-refractivity contribution in [2.45, 2.75) is 12.8 Å². The number of anilines is 1. The van der Waals surface area contributed by atoms with Crippen LogP contribution >= 0.6 is 0 Å². The van der Waals surface area contributed by atoms with Crippen LogP contribution in [0, 0.1) is 0 Å². The summed E-state index contributed by atoms with van der Waals surface area (Å²) in [6, 6.07) is 15.5. The van der Waals surface area contributed by atoms with Gasteiger partial charge in [-0.05, 0) is 36.2 Å². The number of ether oxygens (including phenoxy) is 1. The van der Waals surface area contributed by atoms with Gasteiger partial charge in [0.2, 0.25) is 5.91 Å². The van der Waals surface area contributed by atoms with E-state index in [1.807, 2.05) is 48.5 Å². The summed E-state index contributed by atoms with van der Waals surface area (Å²) in [5, 5.41) is 2.94. The minimum absolute atomic E-state index is 0.0143. The number of aromatic nitrogens is 2. The van der Waals surface area contributed by atoms with Gasteiger partial charge in [-0.1, -0.05) is 24.3 Å². The molecule has 3 aromatic rings. The van der Waals surface area contributed by atoms with Crippen LogP contribution in [0.15, 0.2) is 61.1 Å². The Morgan fingerprint density at radius 3 is 2.88 bits per heavy atom. The molecule has 122 valence electrons. The molecule has 3 rings (SSSR count). The highest BCUT2D eigenvalue weighted by atomic mass is 16.5. The molecular weight excluding hydrogens is 302 g/mol. The smallest absolute Gasteiger partial charge is 0.224 e. The highest BCUT2D eigenvalue weighted by Crippen LogP contribution is 2.20. The monoisotopic (exact) mass is 321 g/mol. The lowest BCUT2D eigenvalue weighted by Crippen LogP contribution is -2.12. The first-order valence-electron chi connectivity index (χ1n) is 7.76. The summed E-state index contributed by atoms with van der Waals surface area (Å²) < 4.78 is 5.20. The third-order valence-corrected chi connectivity index (χ3v) is 3.73. The van der Waals surface area contributed by atoms with Crippen molar-refractivity contribution in [3.8, 4) is 17.0 Å². The molecule has 0 bridgehead atoms. The van der Waals surface area contributed by atoms with Crippen LogP contribution < -0.4 is 10.1 Å². The van der Waals surface area contributed by atoms with Gasteiger partial charge < -0.3 is 15.0 Å². The number of carbonyl (C=O) groups is 1. The fourth-order valence-corrected chi connectivity index (χ4v) is 2.49. The molecule has 1 aromatic heterocycles. The molecule has 5 nitrogen and oxygen atoms in total. The van der Waals surface area contributed by atoms with Crippen molar-refractivity contribution in [1.29, 1.82) is 0 Å². The van der Waals surface area contributed by atoms with E-state index in [2.05, 4.69) is 15.3 Å². The summed E-state index contributed by atoms with van der Waals surface area (Å²) in [6.07, 6.45) is 4.48. The summed E-state index contributed by atoms with van der Waals surface area (Å²) >= 11 is 0. The molecule has 0 aliphatic heterocycles. The Bertz CT molecular complexity index is 813. The molecule has 0 radical (unpaired) electrons. The van der Waals surface area contributed by atoms with Gasteiger partial charge in [0, 0.05) is 17.7 Å². The average Bonchev–Trinajstić information content (AvgIpc) is 3.15. The number of hydrogen-bond donors (Lipinski definition) is 2. The fraction of sp³-hybridized carbons (Fsp3) is 0.158. The van der Waals surface area contributed by atoms with E-state index in [0.29, 0.717) is 12.8 Å². The normalized spacial score (nSPS) is 10.4. The number of hydrogen-bond acceptors (Lipinski definition) is 3. The minimum Gasteiger partial charge on any atom is -0.497 e. The number of benzene rings is 2. The van der Waals surface area contributed by atoms with Gasteiger partial charge in [0.15, 0.2) is 0 Å². The van der Waals surface area contributed by atoms with Crippen LogP contribution in [-0.4, -0.2) is 23.0 Å². The zero-order valence-corrected chi connectivity index (χ0v) is 13.5. The standard InChI is InChI=1S/C19H19N3O2/c1-24-17-7-2-4-14(10-17)8-9-19(23)22-16-6-3-5-15(11-16)18-12-20-13-21-18/h2-7,10-13H,8-9H2,1H3,(H,20,21)(H,22,23). The molecule has 1 amide bonds. The van der Waals surface area contributed by atoms with E-state index in [1.165, 1.54) is 0 Å². The number of amides is 1. The Hall–Kier alpha value is -3.08. The lowest BCUT2D eigenvalue weighted by molar-refractivity contribution is -0.116. The van der Waals surface area contributed by atoms with Gasteiger partial charge in [-0.25, -0.2) is 4.98 Å². The third kappa shape index (κ3) is 4.01. The number of H-pyrrole nitrogens is 1. The molecule has 2 N–H and O–H groups in total. The van der Waals surface area contributed by atoms with Crippen molar-refractivity contribution in [3.05, 3.63) is 66.6 Å². The molecule has 0 aliphatic rings. The molecule has 0 saturated carbocycles. The SMILES string of the molecule is COc1cccc(CCC(=O)Nc2cccc(-c3cnc[nH]3)c2)c1. The Morgan fingerprint density at radius 1 is 1.21 bits per heavy atom. The molecule has 0 unspecified atom stereocenters. The first-order chi connectivity index (χ1) is 11.7. The number of nitrogens with zero attached hydrogens (tertiary/aromatic N) is 1. The summed E-state index contributed by atoms with van der Waals surface area (Å²) in [5.41, 5.74) is 3.76. The van der Waals surface area contributed by atoms with E-state index in [4.69, 9.17) is 4.74 Å². The molecule has 0 spiro atoms. The Balaban J connectivity index is 1.59. The number of methoxy groups -OCH3 is 1. The minimum atomic E-state index is -0.0143. The molecular formula is C19H19N3O2. The molecule has 0 atom stereocenters. The van der Waals surface area contributed by atoms with Crippen LogP contribution in [0.3, 0.4) is 0 Å². The topological polar surface area (TPSA) is 67.0 Å². The zero-order valence-electron chi connectivity index (χ0n) is 13.5. The van der Waals surface area contributed by atoms with Crippen molar-refractivity contribution in [2.75, 3.05) is 12.4 Å². The van der Waals surface area contributed by atoms with E-state index in [-0.39, 0.29) is 5.91 Å². The van der Waals surface area contributed by atoms with Gasteiger partial charge in [0.05, 0.1) is 25.3 Å². The third-order valence-electron chi connectivity index (χ3n) is 3.73. The Kier molecular flexibility index (Phi) is 4.91. The maximum absolute atomic E-state index is 12.2. The molecule has 1 heterocycles. The summed E-state index contributed by atoms with van der Waals surface area (Å²) in [4.78, 5) is 19.2. The maximum Gasteiger partial charge on any atom is 0.224 e. The number of aromatic amines is 1. The van der Waals surface area contributed by atoms with Crippen molar-refractivity contribution in [2.24, 2.45) is 0 Å². The first-order valence-corrected chi connectivity index (χ1v) is 7.76. The molecule has 5 heteroatoms. The van der Waals surface area contributed by atoms with E-state index in [1.54, 1.807) is 19.6 Å². The average molecular weight is 321 g/mol. The van der Waals surface area contributed by atoms with Crippen LogP contribution in [0.2, 0.25) is 0 Å². The van der Waals surface area contributed by atoms with Gasteiger partial charge in [-0.3, -0.25) is 4.79 Å². The summed E-state index contributed by atoms with van der Waals surface area (Å²) in [7, 11) is 1.64. The van der Waals surface area contributed by atoms with Crippen LogP contribution in [0.25, 0.3) is 11.3 Å². The van der Waals surface area contributed by atoms with Crippen LogP contribution in [0.1, 0.15) is 12.0 Å². The van der Waals surface area contributed by atoms with Crippen LogP contribution in [0.4, 0.5) is 5.69 Å². The maximum atomic E-state index is 12.2. The van der Waals surface area contributed by atoms with E-state index in [0.717, 1.165) is 28.3 Å². The predicted octanol–water partition coefficient (Wildman–Crippen LogP) is 3.66. The number of imidazole rings is 1. The largest absolute Gasteiger partial charge is 0.497 e. The molecule has 2 aromatic carbocycles. The summed E-state index contributed by atoms with van der Waals surface area (Å²) in [6.45, 7) is 0. The number of rotatable bonds is 6. The molecule has 24 heavy (non-hydrogen) atoms. The number of aryl methyl sites for hydroxylation is 1. The van der Waals surface area contributed by atoms with Gasteiger partial charge in [-0.2, -0.15) is 0 Å². The lowest BCUT2D eigenvalue weighted by Gasteiger charge is -2.08. The Labute approximate surface area is 140 Å².